The Hall–Kier alpha value is -2.43. The first-order valence-corrected chi connectivity index (χ1v) is 9.06. The van der Waals surface area contributed by atoms with Crippen molar-refractivity contribution in [2.75, 3.05) is 4.90 Å². The van der Waals surface area contributed by atoms with Gasteiger partial charge in [0.15, 0.2) is 5.13 Å². The van der Waals surface area contributed by atoms with Crippen molar-refractivity contribution in [3.05, 3.63) is 82.3 Å². The Labute approximate surface area is 156 Å². The Morgan fingerprint density at radius 2 is 1.80 bits per heavy atom. The minimum atomic E-state index is -0.155. The van der Waals surface area contributed by atoms with Crippen LogP contribution in [0.3, 0.4) is 0 Å². The summed E-state index contributed by atoms with van der Waals surface area (Å²) in [6.45, 7) is 3.80. The maximum atomic E-state index is 13.0. The standard InChI is InChI=1S/C20H17ClN2OS/c1-14(17-10-6-7-11-18(17)21)12-19(24)23(16-8-4-3-5-9-16)20-22-15(2)13-25-20/h3-13H,1-2H3. The zero-order chi connectivity index (χ0) is 17.8. The Bertz CT molecular complexity index is 918. The van der Waals surface area contributed by atoms with E-state index < -0.39 is 0 Å². The van der Waals surface area contributed by atoms with E-state index in [9.17, 15) is 4.79 Å². The summed E-state index contributed by atoms with van der Waals surface area (Å²) in [6, 6.07) is 17.0. The van der Waals surface area contributed by atoms with Gasteiger partial charge in [-0.1, -0.05) is 48.0 Å². The van der Waals surface area contributed by atoms with Gasteiger partial charge in [-0.3, -0.25) is 9.69 Å². The van der Waals surface area contributed by atoms with E-state index in [-0.39, 0.29) is 5.91 Å². The molecule has 126 valence electrons. The highest BCUT2D eigenvalue weighted by atomic mass is 35.5. The third-order valence-electron chi connectivity index (χ3n) is 3.67. The lowest BCUT2D eigenvalue weighted by molar-refractivity contribution is -0.113. The number of aromatic nitrogens is 1. The first kappa shape index (κ1) is 17.4. The average molecular weight is 369 g/mol. The summed E-state index contributed by atoms with van der Waals surface area (Å²) in [6.07, 6.45) is 1.60. The molecular formula is C20H17ClN2OS. The van der Waals surface area contributed by atoms with E-state index in [2.05, 4.69) is 4.98 Å². The SMILES string of the molecule is CC(=CC(=O)N(c1ccccc1)c1nc(C)cs1)c1ccccc1Cl. The van der Waals surface area contributed by atoms with Crippen LogP contribution in [0.2, 0.25) is 5.02 Å². The number of carbonyl (C=O) groups excluding carboxylic acids is 1. The van der Waals surface area contributed by atoms with Gasteiger partial charge in [-0.25, -0.2) is 4.98 Å². The number of benzene rings is 2. The summed E-state index contributed by atoms with van der Waals surface area (Å²) in [7, 11) is 0. The van der Waals surface area contributed by atoms with Crippen LogP contribution in [0.4, 0.5) is 10.8 Å². The van der Waals surface area contributed by atoms with Gasteiger partial charge in [-0.05, 0) is 43.2 Å². The molecule has 2 aromatic carbocycles. The number of rotatable bonds is 4. The van der Waals surface area contributed by atoms with E-state index >= 15 is 0 Å². The molecule has 0 bridgehead atoms. The molecule has 0 saturated carbocycles. The fraction of sp³-hybridized carbons (Fsp3) is 0.100. The summed E-state index contributed by atoms with van der Waals surface area (Å²) >= 11 is 7.69. The van der Waals surface area contributed by atoms with Crippen LogP contribution >= 0.6 is 22.9 Å². The van der Waals surface area contributed by atoms with Crippen molar-refractivity contribution in [2.24, 2.45) is 0 Å². The first-order chi connectivity index (χ1) is 12.1. The van der Waals surface area contributed by atoms with E-state index in [1.165, 1.54) is 11.3 Å². The number of para-hydroxylation sites is 1. The van der Waals surface area contributed by atoms with Crippen molar-refractivity contribution >= 4 is 45.2 Å². The summed E-state index contributed by atoms with van der Waals surface area (Å²) in [5, 5.41) is 3.21. The van der Waals surface area contributed by atoms with Crippen LogP contribution in [-0.4, -0.2) is 10.9 Å². The number of hydrogen-bond acceptors (Lipinski definition) is 3. The fourth-order valence-electron chi connectivity index (χ4n) is 2.46. The smallest absolute Gasteiger partial charge is 0.257 e. The maximum absolute atomic E-state index is 13.0. The normalized spacial score (nSPS) is 11.4. The summed E-state index contributed by atoms with van der Waals surface area (Å²) in [5.74, 6) is -0.155. The molecule has 0 atom stereocenters. The second-order valence-electron chi connectivity index (χ2n) is 5.59. The first-order valence-electron chi connectivity index (χ1n) is 7.81. The Morgan fingerprint density at radius 3 is 2.44 bits per heavy atom. The number of nitrogens with zero attached hydrogens (tertiary/aromatic N) is 2. The molecular weight excluding hydrogens is 352 g/mol. The van der Waals surface area contributed by atoms with Crippen molar-refractivity contribution in [1.82, 2.24) is 4.98 Å². The van der Waals surface area contributed by atoms with Gasteiger partial charge in [0.25, 0.3) is 5.91 Å². The monoisotopic (exact) mass is 368 g/mol. The molecule has 5 heteroatoms. The number of amides is 1. The third kappa shape index (κ3) is 3.98. The van der Waals surface area contributed by atoms with Crippen LogP contribution in [0.15, 0.2) is 66.1 Å². The van der Waals surface area contributed by atoms with Gasteiger partial charge >= 0.3 is 0 Å². The second-order valence-corrected chi connectivity index (χ2v) is 6.83. The predicted octanol–water partition coefficient (Wildman–Crippen LogP) is 5.87. The van der Waals surface area contributed by atoms with Gasteiger partial charge in [0.1, 0.15) is 0 Å². The van der Waals surface area contributed by atoms with Crippen molar-refractivity contribution < 1.29 is 4.79 Å². The number of halogens is 1. The maximum Gasteiger partial charge on any atom is 0.257 e. The quantitative estimate of drug-likeness (QED) is 0.539. The van der Waals surface area contributed by atoms with E-state index in [0.717, 1.165) is 22.5 Å². The van der Waals surface area contributed by atoms with E-state index in [0.29, 0.717) is 10.2 Å². The number of thiazole rings is 1. The fourth-order valence-corrected chi connectivity index (χ4v) is 3.57. The van der Waals surface area contributed by atoms with Crippen LogP contribution in [0.25, 0.3) is 5.57 Å². The zero-order valence-corrected chi connectivity index (χ0v) is 15.5. The summed E-state index contributed by atoms with van der Waals surface area (Å²) in [4.78, 5) is 19.1. The van der Waals surface area contributed by atoms with E-state index in [1.54, 1.807) is 11.0 Å². The summed E-state index contributed by atoms with van der Waals surface area (Å²) < 4.78 is 0. The molecule has 1 aromatic heterocycles. The third-order valence-corrected chi connectivity index (χ3v) is 4.94. The number of anilines is 2. The predicted molar refractivity (Wildman–Crippen MR) is 106 cm³/mol. The van der Waals surface area contributed by atoms with Crippen LogP contribution in [0, 0.1) is 6.92 Å². The number of aryl methyl sites for hydroxylation is 1. The van der Waals surface area contributed by atoms with Gasteiger partial charge in [-0.15, -0.1) is 11.3 Å². The summed E-state index contributed by atoms with van der Waals surface area (Å²) in [5.41, 5.74) is 3.33. The zero-order valence-electron chi connectivity index (χ0n) is 13.9. The minimum absolute atomic E-state index is 0.155. The molecule has 0 saturated heterocycles. The lowest BCUT2D eigenvalue weighted by Gasteiger charge is -2.19. The van der Waals surface area contributed by atoms with Gasteiger partial charge in [-0.2, -0.15) is 0 Å². The Kier molecular flexibility index (Phi) is 5.31. The number of allylic oxidation sites excluding steroid dienone is 1. The molecule has 1 amide bonds. The van der Waals surface area contributed by atoms with E-state index in [4.69, 9.17) is 11.6 Å². The Morgan fingerprint density at radius 1 is 1.12 bits per heavy atom. The van der Waals surface area contributed by atoms with Crippen LogP contribution in [-0.2, 0) is 4.79 Å². The van der Waals surface area contributed by atoms with Crippen molar-refractivity contribution in [3.8, 4) is 0 Å². The highest BCUT2D eigenvalue weighted by Crippen LogP contribution is 2.30. The molecule has 25 heavy (non-hydrogen) atoms. The lowest BCUT2D eigenvalue weighted by Crippen LogP contribution is -2.24. The van der Waals surface area contributed by atoms with Gasteiger partial charge in [0.05, 0.1) is 11.4 Å². The lowest BCUT2D eigenvalue weighted by atomic mass is 10.1. The molecule has 0 N–H and O–H groups in total. The molecule has 0 aliphatic rings. The molecule has 0 fully saturated rings. The highest BCUT2D eigenvalue weighted by molar-refractivity contribution is 7.14. The second kappa shape index (κ2) is 7.64. The molecule has 0 radical (unpaired) electrons. The molecule has 3 rings (SSSR count). The van der Waals surface area contributed by atoms with Crippen LogP contribution in [0.5, 0.6) is 0 Å². The van der Waals surface area contributed by atoms with E-state index in [1.807, 2.05) is 73.8 Å². The molecule has 0 spiro atoms. The number of carbonyl (C=O) groups is 1. The average Bonchev–Trinajstić information content (AvgIpc) is 3.02. The van der Waals surface area contributed by atoms with Gasteiger partial charge < -0.3 is 0 Å². The largest absolute Gasteiger partial charge is 0.269 e. The van der Waals surface area contributed by atoms with Crippen molar-refractivity contribution in [3.63, 3.8) is 0 Å². The minimum Gasteiger partial charge on any atom is -0.269 e. The Balaban J connectivity index is 2.00. The van der Waals surface area contributed by atoms with Crippen molar-refractivity contribution in [2.45, 2.75) is 13.8 Å². The highest BCUT2D eigenvalue weighted by Gasteiger charge is 2.19. The molecule has 0 unspecified atom stereocenters. The topological polar surface area (TPSA) is 33.2 Å². The molecule has 0 aliphatic heterocycles. The molecule has 3 nitrogen and oxygen atoms in total. The van der Waals surface area contributed by atoms with Gasteiger partial charge in [0, 0.05) is 16.5 Å². The van der Waals surface area contributed by atoms with Crippen LogP contribution in [0.1, 0.15) is 18.2 Å². The molecule has 0 aliphatic carbocycles. The van der Waals surface area contributed by atoms with Crippen LogP contribution < -0.4 is 4.90 Å². The number of hydrogen-bond donors (Lipinski definition) is 0. The molecule has 3 aromatic rings. The molecule has 1 heterocycles. The van der Waals surface area contributed by atoms with Crippen molar-refractivity contribution in [1.29, 1.82) is 0 Å². The van der Waals surface area contributed by atoms with Gasteiger partial charge in [0.2, 0.25) is 0 Å².